The predicted molar refractivity (Wildman–Crippen MR) is 97.5 cm³/mol. The van der Waals surface area contributed by atoms with Crippen LogP contribution in [0.5, 0.6) is 5.75 Å². The van der Waals surface area contributed by atoms with Gasteiger partial charge in [-0.25, -0.2) is 0 Å². The lowest BCUT2D eigenvalue weighted by atomic mass is 10.1. The first-order chi connectivity index (χ1) is 12.6. The number of ether oxygens (including phenoxy) is 1. The quantitative estimate of drug-likeness (QED) is 0.720. The first-order valence-electron chi connectivity index (χ1n) is 7.94. The van der Waals surface area contributed by atoms with Crippen molar-refractivity contribution in [2.24, 2.45) is 0 Å². The molecule has 2 aromatic rings. The van der Waals surface area contributed by atoms with Crippen LogP contribution >= 0.6 is 0 Å². The number of para-hydroxylation sites is 1. The molecule has 1 aliphatic rings. The van der Waals surface area contributed by atoms with E-state index in [0.717, 1.165) is 0 Å². The molecule has 7 heteroatoms. The van der Waals surface area contributed by atoms with Crippen molar-refractivity contribution < 1.29 is 19.1 Å². The molecule has 2 aromatic carbocycles. The number of hydrogen-bond donors (Lipinski definition) is 3. The largest absolute Gasteiger partial charge is 0.482 e. The molecular formula is C19H17N3O4. The molecule has 0 radical (unpaired) electrons. The highest BCUT2D eigenvalue weighted by molar-refractivity contribution is 6.10. The number of nitrogens with one attached hydrogen (secondary N) is 3. The maximum absolute atomic E-state index is 12.6. The van der Waals surface area contributed by atoms with Gasteiger partial charge in [0.15, 0.2) is 6.61 Å². The van der Waals surface area contributed by atoms with E-state index in [1.807, 2.05) is 0 Å². The highest BCUT2D eigenvalue weighted by atomic mass is 16.5. The van der Waals surface area contributed by atoms with Crippen LogP contribution in [0.25, 0.3) is 0 Å². The van der Waals surface area contributed by atoms with E-state index >= 15 is 0 Å². The summed E-state index contributed by atoms with van der Waals surface area (Å²) >= 11 is 0. The van der Waals surface area contributed by atoms with Gasteiger partial charge in [0.25, 0.3) is 17.7 Å². The zero-order chi connectivity index (χ0) is 18.5. The van der Waals surface area contributed by atoms with Crippen LogP contribution in [0.15, 0.2) is 55.1 Å². The Bertz CT molecular complexity index is 892. The summed E-state index contributed by atoms with van der Waals surface area (Å²) in [6, 6.07) is 11.4. The van der Waals surface area contributed by atoms with Gasteiger partial charge in [-0.05, 0) is 30.3 Å². The Morgan fingerprint density at radius 2 is 2.00 bits per heavy atom. The first-order valence-corrected chi connectivity index (χ1v) is 7.94. The normalized spacial score (nSPS) is 12.2. The highest BCUT2D eigenvalue weighted by Crippen LogP contribution is 2.29. The Balaban J connectivity index is 1.80. The predicted octanol–water partition coefficient (Wildman–Crippen LogP) is 2.19. The average Bonchev–Trinajstić information content (AvgIpc) is 2.65. The summed E-state index contributed by atoms with van der Waals surface area (Å²) in [7, 11) is 0. The standard InChI is InChI=1S/C19H17N3O4/c1-2-9-20-19(25)13-5-3-4-6-14(13)22-18(24)12-7-8-16-15(10-12)21-17(23)11-26-16/h2-8,10H,1,9,11H2,(H,20,25)(H,21,23)(H,22,24). The molecule has 7 nitrogen and oxygen atoms in total. The van der Waals surface area contributed by atoms with Crippen molar-refractivity contribution in [2.75, 3.05) is 23.8 Å². The van der Waals surface area contributed by atoms with Crippen LogP contribution in [0.3, 0.4) is 0 Å². The van der Waals surface area contributed by atoms with E-state index in [4.69, 9.17) is 4.74 Å². The van der Waals surface area contributed by atoms with Gasteiger partial charge < -0.3 is 20.7 Å². The third-order valence-electron chi connectivity index (χ3n) is 3.70. The van der Waals surface area contributed by atoms with Crippen molar-refractivity contribution in [1.82, 2.24) is 5.32 Å². The summed E-state index contributed by atoms with van der Waals surface area (Å²) in [5.74, 6) is -0.492. The molecule has 0 unspecified atom stereocenters. The summed E-state index contributed by atoms with van der Waals surface area (Å²) in [5, 5.41) is 8.05. The first kappa shape index (κ1) is 17.2. The molecule has 0 atom stereocenters. The topological polar surface area (TPSA) is 96.5 Å². The van der Waals surface area contributed by atoms with Crippen molar-refractivity contribution in [3.05, 3.63) is 66.2 Å². The summed E-state index contributed by atoms with van der Waals surface area (Å²) in [4.78, 5) is 36.2. The van der Waals surface area contributed by atoms with Gasteiger partial charge in [0.1, 0.15) is 5.75 Å². The van der Waals surface area contributed by atoms with Gasteiger partial charge in [-0.3, -0.25) is 14.4 Å². The fourth-order valence-electron chi connectivity index (χ4n) is 2.47. The molecule has 3 rings (SSSR count). The zero-order valence-electron chi connectivity index (χ0n) is 13.9. The summed E-state index contributed by atoms with van der Waals surface area (Å²) in [6.45, 7) is 3.83. The summed E-state index contributed by atoms with van der Waals surface area (Å²) in [6.07, 6.45) is 1.57. The van der Waals surface area contributed by atoms with Gasteiger partial charge in [-0.2, -0.15) is 0 Å². The van der Waals surface area contributed by atoms with Gasteiger partial charge in [0.2, 0.25) is 0 Å². The Kier molecular flexibility index (Phi) is 4.98. The molecule has 0 saturated carbocycles. The molecule has 3 N–H and O–H groups in total. The van der Waals surface area contributed by atoms with Crippen molar-refractivity contribution in [1.29, 1.82) is 0 Å². The molecule has 0 aromatic heterocycles. The van der Waals surface area contributed by atoms with Crippen LogP contribution < -0.4 is 20.7 Å². The highest BCUT2D eigenvalue weighted by Gasteiger charge is 2.19. The molecule has 0 saturated heterocycles. The minimum atomic E-state index is -0.406. The number of fused-ring (bicyclic) bond motifs is 1. The lowest BCUT2D eigenvalue weighted by molar-refractivity contribution is -0.118. The second kappa shape index (κ2) is 7.52. The van der Waals surface area contributed by atoms with E-state index in [1.54, 1.807) is 42.5 Å². The van der Waals surface area contributed by atoms with Gasteiger partial charge >= 0.3 is 0 Å². The Morgan fingerprint density at radius 3 is 2.81 bits per heavy atom. The third-order valence-corrected chi connectivity index (χ3v) is 3.70. The Hall–Kier alpha value is -3.61. The van der Waals surface area contributed by atoms with E-state index in [-0.39, 0.29) is 18.4 Å². The number of amides is 3. The fraction of sp³-hybridized carbons (Fsp3) is 0.105. The van der Waals surface area contributed by atoms with Crippen molar-refractivity contribution in [2.45, 2.75) is 0 Å². The molecule has 1 aliphatic heterocycles. The Labute approximate surface area is 150 Å². The zero-order valence-corrected chi connectivity index (χ0v) is 13.9. The monoisotopic (exact) mass is 351 g/mol. The number of carbonyl (C=O) groups is 3. The number of benzene rings is 2. The van der Waals surface area contributed by atoms with Crippen LogP contribution in [0, 0.1) is 0 Å². The minimum absolute atomic E-state index is 0.0499. The second-order valence-electron chi connectivity index (χ2n) is 5.55. The number of carbonyl (C=O) groups excluding carboxylic acids is 3. The van der Waals surface area contributed by atoms with Gasteiger partial charge in [0, 0.05) is 12.1 Å². The van der Waals surface area contributed by atoms with Crippen molar-refractivity contribution in [3.8, 4) is 5.75 Å². The average molecular weight is 351 g/mol. The number of hydrogen-bond acceptors (Lipinski definition) is 4. The van der Waals surface area contributed by atoms with E-state index in [2.05, 4.69) is 22.5 Å². The number of rotatable bonds is 5. The van der Waals surface area contributed by atoms with E-state index in [1.165, 1.54) is 6.07 Å². The molecule has 3 amide bonds. The van der Waals surface area contributed by atoms with Crippen LogP contribution in [0.4, 0.5) is 11.4 Å². The van der Waals surface area contributed by atoms with Crippen LogP contribution in [0.2, 0.25) is 0 Å². The fourth-order valence-corrected chi connectivity index (χ4v) is 2.47. The molecule has 0 spiro atoms. The maximum atomic E-state index is 12.6. The maximum Gasteiger partial charge on any atom is 0.262 e. The Morgan fingerprint density at radius 1 is 1.19 bits per heavy atom. The van der Waals surface area contributed by atoms with Gasteiger partial charge in [0.05, 0.1) is 16.9 Å². The van der Waals surface area contributed by atoms with Gasteiger partial charge in [-0.1, -0.05) is 18.2 Å². The molecule has 0 fully saturated rings. The van der Waals surface area contributed by atoms with Crippen molar-refractivity contribution >= 4 is 29.1 Å². The lowest BCUT2D eigenvalue weighted by Gasteiger charge is -2.18. The lowest BCUT2D eigenvalue weighted by Crippen LogP contribution is -2.26. The van der Waals surface area contributed by atoms with Crippen LogP contribution in [-0.2, 0) is 4.79 Å². The molecule has 26 heavy (non-hydrogen) atoms. The summed E-state index contributed by atoms with van der Waals surface area (Å²) in [5.41, 5.74) is 1.50. The van der Waals surface area contributed by atoms with Crippen LogP contribution in [-0.4, -0.2) is 30.9 Å². The SMILES string of the molecule is C=CCNC(=O)c1ccccc1NC(=O)c1ccc2c(c1)NC(=O)CO2. The number of anilines is 2. The molecule has 132 valence electrons. The minimum Gasteiger partial charge on any atom is -0.482 e. The molecular weight excluding hydrogens is 334 g/mol. The second-order valence-corrected chi connectivity index (χ2v) is 5.55. The smallest absolute Gasteiger partial charge is 0.262 e. The van der Waals surface area contributed by atoms with Gasteiger partial charge in [-0.15, -0.1) is 6.58 Å². The third kappa shape index (κ3) is 3.72. The van der Waals surface area contributed by atoms with E-state index < -0.39 is 5.91 Å². The molecule has 0 aliphatic carbocycles. The van der Waals surface area contributed by atoms with Crippen LogP contribution in [0.1, 0.15) is 20.7 Å². The summed E-state index contributed by atoms with van der Waals surface area (Å²) < 4.78 is 5.27. The van der Waals surface area contributed by atoms with E-state index in [0.29, 0.717) is 34.8 Å². The molecule has 1 heterocycles. The molecule has 0 bridgehead atoms. The van der Waals surface area contributed by atoms with E-state index in [9.17, 15) is 14.4 Å². The van der Waals surface area contributed by atoms with Crippen molar-refractivity contribution in [3.63, 3.8) is 0 Å².